The van der Waals surface area contributed by atoms with Crippen molar-refractivity contribution in [2.75, 3.05) is 45.8 Å². The van der Waals surface area contributed by atoms with Gasteiger partial charge in [0.25, 0.3) is 0 Å². The molecule has 2 amide bonds. The van der Waals surface area contributed by atoms with Crippen molar-refractivity contribution in [2.24, 2.45) is 0 Å². The number of anilines is 1. The lowest BCUT2D eigenvalue weighted by Gasteiger charge is -2.32. The van der Waals surface area contributed by atoms with Crippen molar-refractivity contribution < 1.29 is 19.1 Å². The normalized spacial score (nSPS) is 18.0. The van der Waals surface area contributed by atoms with Crippen LogP contribution in [0, 0.1) is 0 Å². The van der Waals surface area contributed by atoms with Crippen molar-refractivity contribution in [3.8, 4) is 5.75 Å². The molecule has 1 aliphatic heterocycles. The number of amides is 2. The number of hydrogen-bond acceptors (Lipinski definition) is 5. The van der Waals surface area contributed by atoms with E-state index in [9.17, 15) is 9.59 Å². The molecule has 1 saturated heterocycles. The summed E-state index contributed by atoms with van der Waals surface area (Å²) in [6, 6.07) is 6.82. The van der Waals surface area contributed by atoms with Crippen LogP contribution in [0.1, 0.15) is 12.8 Å². The van der Waals surface area contributed by atoms with Crippen molar-refractivity contribution in [3.63, 3.8) is 0 Å². The summed E-state index contributed by atoms with van der Waals surface area (Å²) in [5, 5.41) is 5.40. The zero-order valence-electron chi connectivity index (χ0n) is 14.2. The second kappa shape index (κ2) is 9.24. The summed E-state index contributed by atoms with van der Waals surface area (Å²) in [5.41, 5.74) is 0.557. The highest BCUT2D eigenvalue weighted by atomic mass is 16.5. The van der Waals surface area contributed by atoms with Gasteiger partial charge in [0.15, 0.2) is 0 Å². The Labute approximate surface area is 142 Å². The second-order valence-electron chi connectivity index (χ2n) is 5.79. The highest BCUT2D eigenvalue weighted by molar-refractivity contribution is 6.39. The topological polar surface area (TPSA) is 79.9 Å². The lowest BCUT2D eigenvalue weighted by Crippen LogP contribution is -2.50. The Hall–Kier alpha value is -2.12. The Morgan fingerprint density at radius 1 is 1.21 bits per heavy atom. The molecule has 24 heavy (non-hydrogen) atoms. The number of benzene rings is 1. The molecular weight excluding hydrogens is 310 g/mol. The second-order valence-corrected chi connectivity index (χ2v) is 5.79. The van der Waals surface area contributed by atoms with E-state index < -0.39 is 11.8 Å². The van der Waals surface area contributed by atoms with E-state index in [4.69, 9.17) is 9.47 Å². The minimum Gasteiger partial charge on any atom is -0.497 e. The van der Waals surface area contributed by atoms with Crippen molar-refractivity contribution in [2.45, 2.75) is 18.9 Å². The molecule has 1 fully saturated rings. The third kappa shape index (κ3) is 5.50. The predicted molar refractivity (Wildman–Crippen MR) is 91.1 cm³/mol. The van der Waals surface area contributed by atoms with Crippen LogP contribution in [-0.4, -0.2) is 63.2 Å². The lowest BCUT2D eigenvalue weighted by atomic mass is 10.1. The van der Waals surface area contributed by atoms with Crippen molar-refractivity contribution >= 4 is 17.5 Å². The number of carbonyl (C=O) groups excluding carboxylic acids is 2. The number of ether oxygens (including phenoxy) is 2. The molecule has 0 spiro atoms. The Kier molecular flexibility index (Phi) is 7.02. The first kappa shape index (κ1) is 18.2. The summed E-state index contributed by atoms with van der Waals surface area (Å²) in [7, 11) is 3.24. The molecule has 0 radical (unpaired) electrons. The number of nitrogens with zero attached hydrogens (tertiary/aromatic N) is 1. The van der Waals surface area contributed by atoms with Gasteiger partial charge in [0.2, 0.25) is 0 Å². The number of methoxy groups -OCH3 is 2. The van der Waals surface area contributed by atoms with Gasteiger partial charge in [0, 0.05) is 31.9 Å². The first-order valence-corrected chi connectivity index (χ1v) is 8.09. The largest absolute Gasteiger partial charge is 0.497 e. The Bertz CT molecular complexity index is 547. The van der Waals surface area contributed by atoms with Gasteiger partial charge in [-0.2, -0.15) is 0 Å². The summed E-state index contributed by atoms with van der Waals surface area (Å²) < 4.78 is 10.1. The van der Waals surface area contributed by atoms with Gasteiger partial charge in [-0.25, -0.2) is 0 Å². The molecule has 1 aromatic carbocycles. The first-order valence-electron chi connectivity index (χ1n) is 8.09. The minimum absolute atomic E-state index is 0.00952. The quantitative estimate of drug-likeness (QED) is 0.754. The number of piperidine rings is 1. The van der Waals surface area contributed by atoms with E-state index in [1.807, 2.05) is 0 Å². The minimum atomic E-state index is -0.658. The van der Waals surface area contributed by atoms with E-state index in [1.54, 1.807) is 38.5 Å². The smallest absolute Gasteiger partial charge is 0.313 e. The van der Waals surface area contributed by atoms with Gasteiger partial charge >= 0.3 is 11.8 Å². The highest BCUT2D eigenvalue weighted by Gasteiger charge is 2.23. The van der Waals surface area contributed by atoms with E-state index >= 15 is 0 Å². The van der Waals surface area contributed by atoms with Crippen LogP contribution >= 0.6 is 0 Å². The van der Waals surface area contributed by atoms with E-state index in [1.165, 1.54) is 0 Å². The molecule has 1 atom stereocenters. The van der Waals surface area contributed by atoms with Gasteiger partial charge in [0.05, 0.1) is 13.7 Å². The van der Waals surface area contributed by atoms with Crippen molar-refractivity contribution in [3.05, 3.63) is 24.3 Å². The van der Waals surface area contributed by atoms with Gasteiger partial charge in [-0.05, 0) is 43.7 Å². The highest BCUT2D eigenvalue weighted by Crippen LogP contribution is 2.15. The first-order chi connectivity index (χ1) is 11.6. The fourth-order valence-electron chi connectivity index (χ4n) is 2.71. The molecule has 7 nitrogen and oxygen atoms in total. The predicted octanol–water partition coefficient (Wildman–Crippen LogP) is 0.861. The molecule has 132 valence electrons. The van der Waals surface area contributed by atoms with Crippen LogP contribution in [0.4, 0.5) is 5.69 Å². The molecule has 0 saturated carbocycles. The molecule has 1 unspecified atom stereocenters. The molecular formula is C17H25N3O4. The zero-order valence-corrected chi connectivity index (χ0v) is 14.2. The SMILES string of the molecule is COCCN1CCCC(NC(=O)C(=O)Nc2ccc(OC)cc2)C1. The van der Waals surface area contributed by atoms with Crippen molar-refractivity contribution in [1.29, 1.82) is 0 Å². The van der Waals surface area contributed by atoms with Crippen LogP contribution in [0.25, 0.3) is 0 Å². The van der Waals surface area contributed by atoms with Crippen LogP contribution in [-0.2, 0) is 14.3 Å². The van der Waals surface area contributed by atoms with Crippen LogP contribution < -0.4 is 15.4 Å². The van der Waals surface area contributed by atoms with E-state index in [0.717, 1.165) is 32.5 Å². The molecule has 1 aliphatic rings. The van der Waals surface area contributed by atoms with Gasteiger partial charge in [0.1, 0.15) is 5.75 Å². The Morgan fingerprint density at radius 2 is 1.96 bits per heavy atom. The number of hydrogen-bond donors (Lipinski definition) is 2. The Morgan fingerprint density at radius 3 is 2.62 bits per heavy atom. The van der Waals surface area contributed by atoms with Gasteiger partial charge < -0.3 is 20.1 Å². The Balaban J connectivity index is 1.81. The monoisotopic (exact) mass is 335 g/mol. The summed E-state index contributed by atoms with van der Waals surface area (Å²) in [5.74, 6) is -0.575. The summed E-state index contributed by atoms with van der Waals surface area (Å²) in [6.07, 6.45) is 1.87. The van der Waals surface area contributed by atoms with Gasteiger partial charge in [-0.15, -0.1) is 0 Å². The molecule has 0 aromatic heterocycles. The molecule has 1 heterocycles. The molecule has 2 N–H and O–H groups in total. The lowest BCUT2D eigenvalue weighted by molar-refractivity contribution is -0.136. The van der Waals surface area contributed by atoms with Gasteiger partial charge in [-0.1, -0.05) is 0 Å². The van der Waals surface area contributed by atoms with E-state index in [2.05, 4.69) is 15.5 Å². The molecule has 0 aliphatic carbocycles. The van der Waals surface area contributed by atoms with Crippen LogP contribution in [0.2, 0.25) is 0 Å². The third-order valence-corrected chi connectivity index (χ3v) is 4.01. The number of carbonyl (C=O) groups is 2. The number of rotatable bonds is 6. The van der Waals surface area contributed by atoms with E-state index in [0.29, 0.717) is 18.0 Å². The maximum absolute atomic E-state index is 12.1. The van der Waals surface area contributed by atoms with Crippen molar-refractivity contribution in [1.82, 2.24) is 10.2 Å². The molecule has 0 bridgehead atoms. The van der Waals surface area contributed by atoms with Gasteiger partial charge in [-0.3, -0.25) is 14.5 Å². The number of nitrogens with one attached hydrogen (secondary N) is 2. The van der Waals surface area contributed by atoms with Crippen LogP contribution in [0.3, 0.4) is 0 Å². The van der Waals surface area contributed by atoms with E-state index in [-0.39, 0.29) is 6.04 Å². The fourth-order valence-corrected chi connectivity index (χ4v) is 2.71. The summed E-state index contributed by atoms with van der Waals surface area (Å²) in [4.78, 5) is 26.3. The van der Waals surface area contributed by atoms with Crippen LogP contribution in [0.15, 0.2) is 24.3 Å². The maximum Gasteiger partial charge on any atom is 0.313 e. The van der Waals surface area contributed by atoms with Crippen LogP contribution in [0.5, 0.6) is 5.75 Å². The summed E-state index contributed by atoms with van der Waals surface area (Å²) in [6.45, 7) is 3.23. The standard InChI is InChI=1S/C17H25N3O4/c1-23-11-10-20-9-3-4-14(12-20)19-17(22)16(21)18-13-5-7-15(24-2)8-6-13/h5-8,14H,3-4,9-12H2,1-2H3,(H,18,21)(H,19,22). The average molecular weight is 335 g/mol. The summed E-state index contributed by atoms with van der Waals surface area (Å²) >= 11 is 0. The zero-order chi connectivity index (χ0) is 17.4. The third-order valence-electron chi connectivity index (χ3n) is 4.01. The molecule has 2 rings (SSSR count). The molecule has 1 aromatic rings. The molecule has 7 heteroatoms. The fraction of sp³-hybridized carbons (Fsp3) is 0.529. The average Bonchev–Trinajstić information content (AvgIpc) is 2.61. The number of likely N-dealkylation sites (tertiary alicyclic amines) is 1. The maximum atomic E-state index is 12.1.